The van der Waals surface area contributed by atoms with Crippen LogP contribution in [0.4, 0.5) is 0 Å². The molecule has 2 N–H and O–H groups in total. The molecule has 0 aliphatic rings. The summed E-state index contributed by atoms with van der Waals surface area (Å²) in [5.74, 6) is -0.801. The zero-order valence-electron chi connectivity index (χ0n) is 15.1. The number of hydrazine groups is 1. The minimum atomic E-state index is -0.886. The Labute approximate surface area is 165 Å². The molecule has 1 unspecified atom stereocenters. The number of hydrogen-bond acceptors (Lipinski definition) is 5. The van der Waals surface area contributed by atoms with E-state index in [4.69, 9.17) is 16.3 Å². The van der Waals surface area contributed by atoms with Crippen molar-refractivity contribution in [1.29, 1.82) is 0 Å². The van der Waals surface area contributed by atoms with Crippen LogP contribution in [0.3, 0.4) is 0 Å². The fourth-order valence-corrected chi connectivity index (χ4v) is 2.72. The van der Waals surface area contributed by atoms with Gasteiger partial charge >= 0.3 is 0 Å². The van der Waals surface area contributed by atoms with Crippen molar-refractivity contribution in [2.45, 2.75) is 13.0 Å². The Morgan fingerprint density at radius 3 is 2.54 bits per heavy atom. The van der Waals surface area contributed by atoms with E-state index in [2.05, 4.69) is 16.0 Å². The standard InChI is InChI=1S/C19H17ClN4O4/c1-11(28-13-7-5-6-12(20)10-13)17(25)21-22-18(26)16-14-8-3-4-9-15(14)19(27)24(2)23-16/h3-11H,1-2H3,(H,21,25)(H,22,26). The number of halogens is 1. The van der Waals surface area contributed by atoms with Gasteiger partial charge in [-0.1, -0.05) is 35.9 Å². The molecule has 1 aromatic heterocycles. The van der Waals surface area contributed by atoms with Gasteiger partial charge in [0, 0.05) is 17.5 Å². The van der Waals surface area contributed by atoms with Gasteiger partial charge in [-0.2, -0.15) is 5.10 Å². The first-order valence-electron chi connectivity index (χ1n) is 8.35. The first-order chi connectivity index (χ1) is 13.4. The fraction of sp³-hybridized carbons (Fsp3) is 0.158. The predicted molar refractivity (Wildman–Crippen MR) is 104 cm³/mol. The van der Waals surface area contributed by atoms with E-state index >= 15 is 0 Å². The van der Waals surface area contributed by atoms with E-state index in [9.17, 15) is 14.4 Å². The van der Waals surface area contributed by atoms with Gasteiger partial charge in [0.2, 0.25) is 0 Å². The summed E-state index contributed by atoms with van der Waals surface area (Å²) in [6, 6.07) is 13.2. The van der Waals surface area contributed by atoms with Gasteiger partial charge in [-0.05, 0) is 31.2 Å². The number of nitrogens with zero attached hydrogens (tertiary/aromatic N) is 2. The summed E-state index contributed by atoms with van der Waals surface area (Å²) in [5, 5.41) is 5.22. The van der Waals surface area contributed by atoms with E-state index in [1.54, 1.807) is 48.5 Å². The topological polar surface area (TPSA) is 102 Å². The van der Waals surface area contributed by atoms with E-state index < -0.39 is 17.9 Å². The van der Waals surface area contributed by atoms with E-state index in [1.165, 1.54) is 14.0 Å². The number of ether oxygens (including phenoxy) is 1. The summed E-state index contributed by atoms with van der Waals surface area (Å²) < 4.78 is 6.56. The molecule has 9 heteroatoms. The van der Waals surface area contributed by atoms with Crippen molar-refractivity contribution in [3.8, 4) is 5.75 Å². The van der Waals surface area contributed by atoms with Crippen LogP contribution in [0, 0.1) is 0 Å². The Bertz CT molecular complexity index is 1110. The van der Waals surface area contributed by atoms with Crippen molar-refractivity contribution in [2.75, 3.05) is 0 Å². The zero-order valence-corrected chi connectivity index (χ0v) is 15.9. The summed E-state index contributed by atoms with van der Waals surface area (Å²) in [6.07, 6.45) is -0.886. The van der Waals surface area contributed by atoms with Gasteiger partial charge in [-0.25, -0.2) is 4.68 Å². The summed E-state index contributed by atoms with van der Waals surface area (Å²) in [4.78, 5) is 36.8. The van der Waals surface area contributed by atoms with Gasteiger partial charge in [0.05, 0.1) is 5.39 Å². The second-order valence-corrected chi connectivity index (χ2v) is 6.42. The number of nitrogens with one attached hydrogen (secondary N) is 2. The maximum absolute atomic E-state index is 12.5. The van der Waals surface area contributed by atoms with Crippen LogP contribution in [0.1, 0.15) is 17.4 Å². The number of rotatable bonds is 4. The molecule has 0 aliphatic heterocycles. The number of fused-ring (bicyclic) bond motifs is 1. The van der Waals surface area contributed by atoms with Crippen LogP contribution in [0.5, 0.6) is 5.75 Å². The lowest BCUT2D eigenvalue weighted by Gasteiger charge is -2.15. The van der Waals surface area contributed by atoms with E-state index in [0.717, 1.165) is 4.68 Å². The maximum atomic E-state index is 12.5. The van der Waals surface area contributed by atoms with Crippen molar-refractivity contribution < 1.29 is 14.3 Å². The minimum absolute atomic E-state index is 0.0152. The van der Waals surface area contributed by atoms with Crippen LogP contribution < -0.4 is 21.1 Å². The molecule has 0 bridgehead atoms. The van der Waals surface area contributed by atoms with E-state index in [1.807, 2.05) is 0 Å². The van der Waals surface area contributed by atoms with Crippen molar-refractivity contribution in [1.82, 2.24) is 20.6 Å². The Balaban J connectivity index is 1.70. The van der Waals surface area contributed by atoms with Crippen LogP contribution in [-0.4, -0.2) is 27.7 Å². The molecular weight excluding hydrogens is 384 g/mol. The Kier molecular flexibility index (Phi) is 5.60. The van der Waals surface area contributed by atoms with Gasteiger partial charge in [-0.15, -0.1) is 0 Å². The highest BCUT2D eigenvalue weighted by Crippen LogP contribution is 2.18. The summed E-state index contributed by atoms with van der Waals surface area (Å²) in [5.41, 5.74) is 4.28. The first kappa shape index (κ1) is 19.4. The van der Waals surface area contributed by atoms with Gasteiger partial charge in [-0.3, -0.25) is 25.2 Å². The number of hydrogen-bond donors (Lipinski definition) is 2. The molecular formula is C19H17ClN4O4. The van der Waals surface area contributed by atoms with Crippen molar-refractivity contribution in [3.63, 3.8) is 0 Å². The highest BCUT2D eigenvalue weighted by Gasteiger charge is 2.19. The second-order valence-electron chi connectivity index (χ2n) is 5.98. The molecule has 8 nitrogen and oxygen atoms in total. The van der Waals surface area contributed by atoms with Crippen LogP contribution in [0.15, 0.2) is 53.3 Å². The van der Waals surface area contributed by atoms with Gasteiger partial charge in [0.1, 0.15) is 5.75 Å². The van der Waals surface area contributed by atoms with Crippen LogP contribution >= 0.6 is 11.6 Å². The second kappa shape index (κ2) is 8.10. The molecule has 0 saturated carbocycles. The number of carbonyl (C=O) groups excluding carboxylic acids is 2. The summed E-state index contributed by atoms with van der Waals surface area (Å²) in [6.45, 7) is 1.53. The molecule has 28 heavy (non-hydrogen) atoms. The molecule has 1 heterocycles. The predicted octanol–water partition coefficient (Wildman–Crippen LogP) is 1.82. The molecule has 3 aromatic rings. The largest absolute Gasteiger partial charge is 0.481 e. The molecule has 2 amide bonds. The van der Waals surface area contributed by atoms with Crippen LogP contribution in [-0.2, 0) is 11.8 Å². The molecule has 0 fully saturated rings. The van der Waals surface area contributed by atoms with Crippen LogP contribution in [0.25, 0.3) is 10.8 Å². The van der Waals surface area contributed by atoms with Gasteiger partial charge < -0.3 is 4.74 Å². The van der Waals surface area contributed by atoms with Crippen LogP contribution in [0.2, 0.25) is 5.02 Å². The molecule has 2 aromatic carbocycles. The molecule has 1 atom stereocenters. The van der Waals surface area contributed by atoms with Crippen molar-refractivity contribution >= 4 is 34.2 Å². The van der Waals surface area contributed by atoms with Gasteiger partial charge in [0.25, 0.3) is 17.4 Å². The monoisotopic (exact) mass is 400 g/mol. The lowest BCUT2D eigenvalue weighted by atomic mass is 10.1. The normalized spacial score (nSPS) is 11.7. The SMILES string of the molecule is CC(Oc1cccc(Cl)c1)C(=O)NNC(=O)c1nn(C)c(=O)c2ccccc12. The van der Waals surface area contributed by atoms with Crippen molar-refractivity contribution in [3.05, 3.63) is 69.6 Å². The maximum Gasteiger partial charge on any atom is 0.290 e. The Morgan fingerprint density at radius 1 is 1.11 bits per heavy atom. The Hall–Kier alpha value is -3.39. The minimum Gasteiger partial charge on any atom is -0.481 e. The highest BCUT2D eigenvalue weighted by atomic mass is 35.5. The fourth-order valence-electron chi connectivity index (χ4n) is 2.54. The lowest BCUT2D eigenvalue weighted by molar-refractivity contribution is -0.128. The molecule has 0 aliphatic carbocycles. The van der Waals surface area contributed by atoms with Gasteiger partial charge in [0.15, 0.2) is 11.8 Å². The average molecular weight is 401 g/mol. The van der Waals surface area contributed by atoms with E-state index in [0.29, 0.717) is 21.5 Å². The third-order valence-electron chi connectivity index (χ3n) is 3.95. The number of aryl methyl sites for hydroxylation is 1. The molecule has 0 saturated heterocycles. The van der Waals surface area contributed by atoms with E-state index in [-0.39, 0.29) is 11.3 Å². The number of benzene rings is 2. The zero-order chi connectivity index (χ0) is 20.3. The molecule has 3 rings (SSSR count). The molecule has 0 spiro atoms. The summed E-state index contributed by atoms with van der Waals surface area (Å²) in [7, 11) is 1.45. The Morgan fingerprint density at radius 2 is 1.82 bits per heavy atom. The third-order valence-corrected chi connectivity index (χ3v) is 4.18. The number of carbonyl (C=O) groups is 2. The number of amides is 2. The molecule has 0 radical (unpaired) electrons. The smallest absolute Gasteiger partial charge is 0.290 e. The third kappa shape index (κ3) is 4.12. The quantitative estimate of drug-likeness (QED) is 0.650. The first-order valence-corrected chi connectivity index (χ1v) is 8.73. The van der Waals surface area contributed by atoms with Crippen molar-refractivity contribution in [2.24, 2.45) is 7.05 Å². The average Bonchev–Trinajstić information content (AvgIpc) is 2.68. The molecule has 144 valence electrons. The summed E-state index contributed by atoms with van der Waals surface area (Å²) >= 11 is 5.88. The highest BCUT2D eigenvalue weighted by molar-refractivity contribution is 6.30. The number of aromatic nitrogens is 2. The lowest BCUT2D eigenvalue weighted by Crippen LogP contribution is -2.47.